The summed E-state index contributed by atoms with van der Waals surface area (Å²) in [5.74, 6) is 0. The van der Waals surface area contributed by atoms with Crippen molar-refractivity contribution in [2.24, 2.45) is 0 Å². The summed E-state index contributed by atoms with van der Waals surface area (Å²) >= 11 is 1.44. The third kappa shape index (κ3) is 2.58. The fourth-order valence-corrected chi connectivity index (χ4v) is 2.85. The fourth-order valence-electron chi connectivity index (χ4n) is 0.855. The zero-order valence-electron chi connectivity index (χ0n) is 7.20. The van der Waals surface area contributed by atoms with Crippen LogP contribution in [0.15, 0.2) is 0 Å². The van der Waals surface area contributed by atoms with Gasteiger partial charge in [0.15, 0.2) is 0 Å². The van der Waals surface area contributed by atoms with Gasteiger partial charge in [-0.1, -0.05) is 0 Å². The lowest BCUT2D eigenvalue weighted by Gasteiger charge is -1.91. The van der Waals surface area contributed by atoms with Crippen molar-refractivity contribution in [2.45, 2.75) is 13.8 Å². The standard InChI is InChI=1S/C7H11NO2S2/c1-5-7(4-12(3,9)10)11-6(2)8-5/h4H,1-3H3,(H,9,10). The van der Waals surface area contributed by atoms with Crippen LogP contribution in [0, 0.1) is 13.8 Å². The van der Waals surface area contributed by atoms with Crippen LogP contribution in [0.4, 0.5) is 0 Å². The van der Waals surface area contributed by atoms with E-state index in [0.717, 1.165) is 15.6 Å². The van der Waals surface area contributed by atoms with Gasteiger partial charge in [-0.2, -0.15) is 0 Å². The molecule has 1 rings (SSSR count). The van der Waals surface area contributed by atoms with Crippen LogP contribution in [0.3, 0.4) is 0 Å². The maximum absolute atomic E-state index is 11.0. The van der Waals surface area contributed by atoms with Crippen molar-refractivity contribution in [3.05, 3.63) is 15.6 Å². The third-order valence-electron chi connectivity index (χ3n) is 1.27. The molecule has 1 aromatic rings. The first kappa shape index (κ1) is 9.70. The molecule has 1 heterocycles. The predicted molar refractivity (Wildman–Crippen MR) is 53.4 cm³/mol. The van der Waals surface area contributed by atoms with Crippen molar-refractivity contribution in [1.82, 2.24) is 4.98 Å². The number of thiazole rings is 1. The van der Waals surface area contributed by atoms with Crippen LogP contribution >= 0.6 is 11.3 Å². The first-order chi connectivity index (χ1) is 5.38. The maximum Gasteiger partial charge on any atom is 0.0903 e. The second-order valence-corrected chi connectivity index (χ2v) is 5.85. The van der Waals surface area contributed by atoms with Gasteiger partial charge in [0.25, 0.3) is 0 Å². The molecule has 12 heavy (non-hydrogen) atoms. The number of aryl methyl sites for hydroxylation is 2. The number of rotatable bonds is 1. The Morgan fingerprint density at radius 2 is 2.17 bits per heavy atom. The lowest BCUT2D eigenvalue weighted by atomic mass is 10.4. The van der Waals surface area contributed by atoms with Crippen molar-refractivity contribution < 1.29 is 8.76 Å². The first-order valence-corrected chi connectivity index (χ1v) is 6.19. The highest BCUT2D eigenvalue weighted by Crippen LogP contribution is 2.14. The Kier molecular flexibility index (Phi) is 2.55. The van der Waals surface area contributed by atoms with Crippen molar-refractivity contribution in [1.29, 1.82) is 0 Å². The van der Waals surface area contributed by atoms with E-state index in [1.54, 1.807) is 0 Å². The summed E-state index contributed by atoms with van der Waals surface area (Å²) in [6.45, 7) is 3.71. The van der Waals surface area contributed by atoms with Crippen LogP contribution in [0.5, 0.6) is 0 Å². The van der Waals surface area contributed by atoms with Gasteiger partial charge in [0, 0.05) is 11.6 Å². The summed E-state index contributed by atoms with van der Waals surface area (Å²) in [7, 11) is -2.79. The van der Waals surface area contributed by atoms with Gasteiger partial charge in [-0.25, -0.2) is 9.19 Å². The second-order valence-electron chi connectivity index (χ2n) is 2.66. The Morgan fingerprint density at radius 1 is 1.58 bits per heavy atom. The molecule has 1 atom stereocenters. The van der Waals surface area contributed by atoms with Gasteiger partial charge in [0.05, 0.1) is 25.4 Å². The van der Waals surface area contributed by atoms with Gasteiger partial charge in [-0.3, -0.25) is 0 Å². The summed E-state index contributed by atoms with van der Waals surface area (Å²) in [6.07, 6.45) is 1.29. The van der Waals surface area contributed by atoms with E-state index < -0.39 is 9.80 Å². The molecule has 0 radical (unpaired) electrons. The van der Waals surface area contributed by atoms with Crippen LogP contribution in [-0.4, -0.2) is 25.4 Å². The Balaban J connectivity index is 3.22. The molecule has 0 amide bonds. The van der Waals surface area contributed by atoms with Crippen LogP contribution in [0.1, 0.15) is 15.6 Å². The highest BCUT2D eigenvalue weighted by atomic mass is 32.2. The zero-order valence-corrected chi connectivity index (χ0v) is 8.83. The van der Waals surface area contributed by atoms with E-state index in [2.05, 4.69) is 4.98 Å². The summed E-state index contributed by atoms with van der Waals surface area (Å²) in [5, 5.41) is 2.29. The highest BCUT2D eigenvalue weighted by molar-refractivity contribution is 7.95. The minimum absolute atomic E-state index is 0.794. The summed E-state index contributed by atoms with van der Waals surface area (Å²) in [5.41, 5.74) is 0.820. The van der Waals surface area contributed by atoms with E-state index in [4.69, 9.17) is 4.55 Å². The number of hydrogen-bond acceptors (Lipinski definition) is 3. The molecule has 0 spiro atoms. The molecule has 0 aliphatic heterocycles. The summed E-state index contributed by atoms with van der Waals surface area (Å²) in [6, 6.07) is 0. The van der Waals surface area contributed by atoms with Crippen molar-refractivity contribution in [3.63, 3.8) is 0 Å². The molecule has 5 heteroatoms. The van der Waals surface area contributed by atoms with Gasteiger partial charge < -0.3 is 4.55 Å². The van der Waals surface area contributed by atoms with E-state index in [9.17, 15) is 4.21 Å². The SMILES string of the molecule is Cc1nc(C)c(C=S(C)(=O)O)s1. The molecule has 1 unspecified atom stereocenters. The molecular weight excluding hydrogens is 194 g/mol. The largest absolute Gasteiger partial charge is 0.313 e. The Labute approximate surface area is 76.3 Å². The first-order valence-electron chi connectivity index (χ1n) is 3.39. The summed E-state index contributed by atoms with van der Waals surface area (Å²) < 4.78 is 20.1. The average molecular weight is 205 g/mol. The monoisotopic (exact) mass is 205 g/mol. The molecule has 68 valence electrons. The molecule has 0 aliphatic carbocycles. The van der Waals surface area contributed by atoms with Gasteiger partial charge >= 0.3 is 0 Å². The number of nitrogens with zero attached hydrogens (tertiary/aromatic N) is 1. The van der Waals surface area contributed by atoms with E-state index in [1.807, 2.05) is 13.8 Å². The van der Waals surface area contributed by atoms with Crippen molar-refractivity contribution in [3.8, 4) is 0 Å². The quantitative estimate of drug-likeness (QED) is 0.703. The highest BCUT2D eigenvalue weighted by Gasteiger charge is 2.03. The summed E-state index contributed by atoms with van der Waals surface area (Å²) in [4.78, 5) is 4.94. The van der Waals surface area contributed by atoms with Crippen LogP contribution in [-0.2, 0) is 9.80 Å². The van der Waals surface area contributed by atoms with E-state index >= 15 is 0 Å². The van der Waals surface area contributed by atoms with Crippen LogP contribution in [0.2, 0.25) is 0 Å². The molecule has 0 saturated heterocycles. The van der Waals surface area contributed by atoms with E-state index in [-0.39, 0.29) is 0 Å². The molecule has 1 aromatic heterocycles. The lowest BCUT2D eigenvalue weighted by Crippen LogP contribution is -1.98. The second kappa shape index (κ2) is 3.16. The Hall–Kier alpha value is -0.390. The average Bonchev–Trinajstić information content (AvgIpc) is 2.06. The molecule has 0 aliphatic rings. The minimum atomic E-state index is -2.79. The van der Waals surface area contributed by atoms with Gasteiger partial charge in [-0.05, 0) is 13.8 Å². The van der Waals surface area contributed by atoms with Crippen LogP contribution < -0.4 is 0 Å². The van der Waals surface area contributed by atoms with Crippen molar-refractivity contribution in [2.75, 3.05) is 6.26 Å². The Bertz CT molecular complexity index is 392. The molecule has 1 N–H and O–H groups in total. The minimum Gasteiger partial charge on any atom is -0.313 e. The number of hydrogen-bond donors (Lipinski definition) is 1. The smallest absolute Gasteiger partial charge is 0.0903 e. The third-order valence-corrected chi connectivity index (χ3v) is 3.11. The van der Waals surface area contributed by atoms with Gasteiger partial charge in [0.1, 0.15) is 0 Å². The molecule has 0 bridgehead atoms. The van der Waals surface area contributed by atoms with E-state index in [1.165, 1.54) is 23.0 Å². The maximum atomic E-state index is 11.0. The lowest BCUT2D eigenvalue weighted by molar-refractivity contribution is 0.566. The molecule has 0 fully saturated rings. The van der Waals surface area contributed by atoms with Crippen molar-refractivity contribution >= 4 is 26.5 Å². The van der Waals surface area contributed by atoms with Crippen LogP contribution in [0.25, 0.3) is 0 Å². The number of aromatic nitrogens is 1. The van der Waals surface area contributed by atoms with Gasteiger partial charge in [-0.15, -0.1) is 11.3 Å². The zero-order chi connectivity index (χ0) is 9.35. The topological polar surface area (TPSA) is 50.2 Å². The normalized spacial score (nSPS) is 15.7. The molecule has 0 saturated carbocycles. The Morgan fingerprint density at radius 3 is 2.50 bits per heavy atom. The molecular formula is C7H11NO2S2. The fraction of sp³-hybridized carbons (Fsp3) is 0.429. The van der Waals surface area contributed by atoms with Gasteiger partial charge in [0.2, 0.25) is 0 Å². The molecule has 3 nitrogen and oxygen atoms in total. The molecule has 0 aromatic carbocycles. The van der Waals surface area contributed by atoms with E-state index in [0.29, 0.717) is 0 Å². The predicted octanol–water partition coefficient (Wildman–Crippen LogP) is 1.30.